The van der Waals surface area contributed by atoms with Crippen LogP contribution in [0.4, 0.5) is 0 Å². The molecule has 7 heteroatoms. The highest BCUT2D eigenvalue weighted by atomic mass is 35.5. The van der Waals surface area contributed by atoms with E-state index in [1.165, 1.54) is 0 Å². The summed E-state index contributed by atoms with van der Waals surface area (Å²) in [6.07, 6.45) is 2.46. The number of hydrogen-bond acceptors (Lipinski definition) is 4. The summed E-state index contributed by atoms with van der Waals surface area (Å²) < 4.78 is 11.0. The van der Waals surface area contributed by atoms with E-state index >= 15 is 0 Å². The third-order valence-corrected chi connectivity index (χ3v) is 5.01. The fourth-order valence-corrected chi connectivity index (χ4v) is 3.04. The molecule has 1 saturated heterocycles. The van der Waals surface area contributed by atoms with Crippen molar-refractivity contribution in [3.05, 3.63) is 28.2 Å². The number of halogens is 2. The maximum absolute atomic E-state index is 12.0. The Morgan fingerprint density at radius 2 is 2.25 bits per heavy atom. The predicted molar refractivity (Wildman–Crippen MR) is 93.8 cm³/mol. The maximum Gasteiger partial charge on any atom is 0.220 e. The standard InChI is InChI=1S/C17H23Cl2NO4/c18-13-3-1-4-14(16(13)19)24-9-2-5-15(22)20-11-17(6-8-21)7-10-23-12-17/h1,3-4,21H,2,5-12H2,(H,20,22)/t17-/m1/s1. The van der Waals surface area contributed by atoms with Gasteiger partial charge in [-0.05, 0) is 31.4 Å². The van der Waals surface area contributed by atoms with Gasteiger partial charge < -0.3 is 19.9 Å². The number of carbonyl (C=O) groups excluding carboxylic acids is 1. The van der Waals surface area contributed by atoms with Crippen LogP contribution in [-0.2, 0) is 9.53 Å². The average Bonchev–Trinajstić information content (AvgIpc) is 3.03. The van der Waals surface area contributed by atoms with Gasteiger partial charge in [0.25, 0.3) is 0 Å². The van der Waals surface area contributed by atoms with Gasteiger partial charge in [-0.25, -0.2) is 0 Å². The molecule has 1 aromatic rings. The number of aliphatic hydroxyl groups is 1. The molecule has 0 aromatic heterocycles. The molecule has 1 amide bonds. The maximum atomic E-state index is 12.0. The molecule has 0 spiro atoms. The Balaban J connectivity index is 1.67. The van der Waals surface area contributed by atoms with Crippen LogP contribution in [0.2, 0.25) is 10.0 Å². The number of aliphatic hydroxyl groups excluding tert-OH is 1. The highest BCUT2D eigenvalue weighted by Gasteiger charge is 2.34. The first-order valence-corrected chi connectivity index (χ1v) is 8.84. The van der Waals surface area contributed by atoms with Crippen LogP contribution in [0.25, 0.3) is 0 Å². The Bertz CT molecular complexity index is 547. The summed E-state index contributed by atoms with van der Waals surface area (Å²) in [7, 11) is 0. The average molecular weight is 376 g/mol. The smallest absolute Gasteiger partial charge is 0.220 e. The molecular weight excluding hydrogens is 353 g/mol. The van der Waals surface area contributed by atoms with Gasteiger partial charge >= 0.3 is 0 Å². The lowest BCUT2D eigenvalue weighted by atomic mass is 9.84. The van der Waals surface area contributed by atoms with Crippen LogP contribution in [0.1, 0.15) is 25.7 Å². The molecule has 5 nitrogen and oxygen atoms in total. The molecule has 0 bridgehead atoms. The molecule has 2 rings (SSSR count). The third-order valence-electron chi connectivity index (χ3n) is 4.21. The fraction of sp³-hybridized carbons (Fsp3) is 0.588. The molecule has 2 N–H and O–H groups in total. The number of amides is 1. The van der Waals surface area contributed by atoms with Crippen molar-refractivity contribution in [2.45, 2.75) is 25.7 Å². The normalized spacial score (nSPS) is 20.1. The number of rotatable bonds is 9. The van der Waals surface area contributed by atoms with E-state index in [4.69, 9.17) is 32.7 Å². The Labute approximate surface area is 152 Å². The zero-order valence-electron chi connectivity index (χ0n) is 13.5. The van der Waals surface area contributed by atoms with Crippen molar-refractivity contribution in [1.29, 1.82) is 0 Å². The summed E-state index contributed by atoms with van der Waals surface area (Å²) in [5, 5.41) is 12.9. The van der Waals surface area contributed by atoms with Gasteiger partial charge in [0.2, 0.25) is 5.91 Å². The number of carbonyl (C=O) groups is 1. The van der Waals surface area contributed by atoms with Gasteiger partial charge in [0, 0.05) is 31.6 Å². The van der Waals surface area contributed by atoms with E-state index in [9.17, 15) is 9.90 Å². The second-order valence-corrected chi connectivity index (χ2v) is 6.84. The SMILES string of the molecule is O=C(CCCOc1cccc(Cl)c1Cl)NC[C@@]1(CCO)CCOC1. The Morgan fingerprint density at radius 3 is 2.96 bits per heavy atom. The number of hydrogen-bond donors (Lipinski definition) is 2. The lowest BCUT2D eigenvalue weighted by molar-refractivity contribution is -0.121. The summed E-state index contributed by atoms with van der Waals surface area (Å²) in [5.41, 5.74) is -0.130. The molecule has 1 aliphatic rings. The van der Waals surface area contributed by atoms with Gasteiger partial charge in [-0.1, -0.05) is 29.3 Å². The summed E-state index contributed by atoms with van der Waals surface area (Å²) in [6.45, 7) is 2.30. The monoisotopic (exact) mass is 375 g/mol. The van der Waals surface area contributed by atoms with E-state index in [0.29, 0.717) is 61.4 Å². The van der Waals surface area contributed by atoms with Crippen molar-refractivity contribution >= 4 is 29.1 Å². The first-order valence-electron chi connectivity index (χ1n) is 8.08. The molecule has 134 valence electrons. The molecule has 1 heterocycles. The van der Waals surface area contributed by atoms with E-state index in [0.717, 1.165) is 6.42 Å². The minimum absolute atomic E-state index is 0.0278. The molecule has 0 radical (unpaired) electrons. The van der Waals surface area contributed by atoms with Gasteiger partial charge in [-0.3, -0.25) is 4.79 Å². The lowest BCUT2D eigenvalue weighted by Gasteiger charge is -2.26. The van der Waals surface area contributed by atoms with E-state index < -0.39 is 0 Å². The van der Waals surface area contributed by atoms with Crippen LogP contribution in [-0.4, -0.2) is 44.0 Å². The zero-order valence-corrected chi connectivity index (χ0v) is 15.0. The molecule has 0 aliphatic carbocycles. The number of benzene rings is 1. The van der Waals surface area contributed by atoms with E-state index in [1.807, 2.05) is 0 Å². The highest BCUT2D eigenvalue weighted by molar-refractivity contribution is 6.42. The van der Waals surface area contributed by atoms with Gasteiger partial charge in [0.05, 0.1) is 18.2 Å². The van der Waals surface area contributed by atoms with Crippen molar-refractivity contribution in [3.8, 4) is 5.75 Å². The van der Waals surface area contributed by atoms with Crippen molar-refractivity contribution < 1.29 is 19.4 Å². The van der Waals surface area contributed by atoms with Gasteiger partial charge in [-0.15, -0.1) is 0 Å². The van der Waals surface area contributed by atoms with Crippen LogP contribution in [0.15, 0.2) is 18.2 Å². The van der Waals surface area contributed by atoms with Crippen LogP contribution in [0, 0.1) is 5.41 Å². The summed E-state index contributed by atoms with van der Waals surface area (Å²) in [4.78, 5) is 12.0. The fourth-order valence-electron chi connectivity index (χ4n) is 2.70. The molecule has 1 fully saturated rings. The van der Waals surface area contributed by atoms with Crippen molar-refractivity contribution in [2.24, 2.45) is 5.41 Å². The van der Waals surface area contributed by atoms with E-state index in [-0.39, 0.29) is 17.9 Å². The molecule has 1 aliphatic heterocycles. The van der Waals surface area contributed by atoms with Gasteiger partial charge in [-0.2, -0.15) is 0 Å². The molecular formula is C17H23Cl2NO4. The van der Waals surface area contributed by atoms with Crippen LogP contribution < -0.4 is 10.1 Å². The quantitative estimate of drug-likeness (QED) is 0.650. The topological polar surface area (TPSA) is 67.8 Å². The van der Waals surface area contributed by atoms with Crippen molar-refractivity contribution in [1.82, 2.24) is 5.32 Å². The molecule has 0 saturated carbocycles. The third kappa shape index (κ3) is 5.52. The summed E-state index contributed by atoms with van der Waals surface area (Å²) in [5.74, 6) is 0.495. The molecule has 24 heavy (non-hydrogen) atoms. The number of ether oxygens (including phenoxy) is 2. The van der Waals surface area contributed by atoms with Crippen LogP contribution in [0.3, 0.4) is 0 Å². The minimum atomic E-state index is -0.130. The first-order chi connectivity index (χ1) is 11.6. The van der Waals surface area contributed by atoms with Gasteiger partial charge in [0.15, 0.2) is 0 Å². The lowest BCUT2D eigenvalue weighted by Crippen LogP contribution is -2.38. The second kappa shape index (κ2) is 9.47. The molecule has 1 aromatic carbocycles. The summed E-state index contributed by atoms with van der Waals surface area (Å²) >= 11 is 11.9. The largest absolute Gasteiger partial charge is 0.492 e. The Hall–Kier alpha value is -1.01. The van der Waals surface area contributed by atoms with Crippen LogP contribution >= 0.6 is 23.2 Å². The Morgan fingerprint density at radius 1 is 1.42 bits per heavy atom. The first kappa shape index (κ1) is 19.3. The van der Waals surface area contributed by atoms with Crippen molar-refractivity contribution in [3.63, 3.8) is 0 Å². The molecule has 0 unspecified atom stereocenters. The van der Waals surface area contributed by atoms with E-state index in [1.54, 1.807) is 18.2 Å². The van der Waals surface area contributed by atoms with Crippen molar-refractivity contribution in [2.75, 3.05) is 33.0 Å². The van der Waals surface area contributed by atoms with Crippen LogP contribution in [0.5, 0.6) is 5.75 Å². The summed E-state index contributed by atoms with van der Waals surface area (Å²) in [6, 6.07) is 5.20. The second-order valence-electron chi connectivity index (χ2n) is 6.06. The van der Waals surface area contributed by atoms with Gasteiger partial charge in [0.1, 0.15) is 10.8 Å². The predicted octanol–water partition coefficient (Wildman–Crippen LogP) is 3.06. The Kier molecular flexibility index (Phi) is 7.62. The number of nitrogens with one attached hydrogen (secondary N) is 1. The minimum Gasteiger partial charge on any atom is -0.492 e. The zero-order chi connectivity index (χ0) is 17.4. The highest BCUT2D eigenvalue weighted by Crippen LogP contribution is 2.32. The molecule has 1 atom stereocenters. The van der Waals surface area contributed by atoms with E-state index in [2.05, 4.69) is 5.32 Å².